The largest absolute Gasteiger partial charge is 0.477 e. The first-order valence-electron chi connectivity index (χ1n) is 5.77. The Morgan fingerprint density at radius 1 is 1.62 bits per heavy atom. The van der Waals surface area contributed by atoms with Crippen molar-refractivity contribution in [3.8, 4) is 0 Å². The minimum atomic E-state index is -0.946. The van der Waals surface area contributed by atoms with Gasteiger partial charge in [-0.15, -0.1) is 0 Å². The van der Waals surface area contributed by atoms with Crippen molar-refractivity contribution >= 4 is 11.7 Å². The maximum atomic E-state index is 10.9. The molecular formula is C11H18N2O3. The molecule has 0 saturated carbocycles. The molecule has 0 amide bonds. The molecule has 0 aromatic carbocycles. The first-order valence-corrected chi connectivity index (χ1v) is 5.77. The zero-order valence-electron chi connectivity index (χ0n) is 9.72. The summed E-state index contributed by atoms with van der Waals surface area (Å²) in [6, 6.07) is 0. The van der Waals surface area contributed by atoms with Crippen LogP contribution < -0.4 is 0 Å². The van der Waals surface area contributed by atoms with Crippen LogP contribution in [0.3, 0.4) is 0 Å². The number of oxime groups is 1. The van der Waals surface area contributed by atoms with Crippen LogP contribution in [0.4, 0.5) is 0 Å². The van der Waals surface area contributed by atoms with Gasteiger partial charge in [0.1, 0.15) is 6.10 Å². The smallest absolute Gasteiger partial charge is 0.354 e. The van der Waals surface area contributed by atoms with Crippen molar-refractivity contribution in [2.75, 3.05) is 19.6 Å². The van der Waals surface area contributed by atoms with Crippen LogP contribution in [0, 0.1) is 11.8 Å². The maximum absolute atomic E-state index is 10.9. The lowest BCUT2D eigenvalue weighted by molar-refractivity contribution is -0.129. The van der Waals surface area contributed by atoms with Gasteiger partial charge in [-0.05, 0) is 18.9 Å². The highest BCUT2D eigenvalue weighted by molar-refractivity contribution is 6.36. The van der Waals surface area contributed by atoms with Crippen LogP contribution >= 0.6 is 0 Å². The molecule has 2 aliphatic heterocycles. The standard InChI is InChI=1S/C11H18N2O3/c1-7(2)3-4-13-5-8-9(6-13)16-12-10(8)11(14)15/h7-9H,3-6H2,1-2H3,(H,14,15). The molecular weight excluding hydrogens is 208 g/mol. The molecule has 0 aromatic rings. The summed E-state index contributed by atoms with van der Waals surface area (Å²) in [5, 5.41) is 12.6. The molecule has 0 bridgehead atoms. The van der Waals surface area contributed by atoms with E-state index in [2.05, 4.69) is 23.9 Å². The molecule has 0 spiro atoms. The second-order valence-corrected chi connectivity index (χ2v) is 4.97. The molecule has 16 heavy (non-hydrogen) atoms. The lowest BCUT2D eigenvalue weighted by atomic mass is 10.0. The van der Waals surface area contributed by atoms with E-state index in [0.29, 0.717) is 5.92 Å². The number of carboxylic acid groups (broad SMARTS) is 1. The first kappa shape index (κ1) is 11.4. The summed E-state index contributed by atoms with van der Waals surface area (Å²) in [4.78, 5) is 18.3. The Labute approximate surface area is 95.1 Å². The topological polar surface area (TPSA) is 62.1 Å². The molecule has 1 N–H and O–H groups in total. The number of rotatable bonds is 4. The van der Waals surface area contributed by atoms with Gasteiger partial charge in [0.25, 0.3) is 0 Å². The van der Waals surface area contributed by atoms with Gasteiger partial charge in [0.2, 0.25) is 0 Å². The zero-order chi connectivity index (χ0) is 11.7. The Kier molecular flexibility index (Phi) is 3.14. The number of carbonyl (C=O) groups is 1. The Balaban J connectivity index is 1.89. The first-order chi connectivity index (χ1) is 7.58. The highest BCUT2D eigenvalue weighted by atomic mass is 16.6. The molecule has 0 aromatic heterocycles. The molecule has 1 fully saturated rings. The number of fused-ring (bicyclic) bond motifs is 1. The molecule has 2 aliphatic rings. The zero-order valence-corrected chi connectivity index (χ0v) is 9.72. The molecule has 0 radical (unpaired) electrons. The predicted molar refractivity (Wildman–Crippen MR) is 59.3 cm³/mol. The number of carboxylic acids is 1. The average Bonchev–Trinajstić information content (AvgIpc) is 2.71. The van der Waals surface area contributed by atoms with Crippen LogP contribution in [0.25, 0.3) is 0 Å². The Hall–Kier alpha value is -1.10. The van der Waals surface area contributed by atoms with Gasteiger partial charge in [0, 0.05) is 13.1 Å². The van der Waals surface area contributed by atoms with Crippen molar-refractivity contribution in [3.63, 3.8) is 0 Å². The Morgan fingerprint density at radius 2 is 2.38 bits per heavy atom. The molecule has 1 saturated heterocycles. The SMILES string of the molecule is CC(C)CCN1CC2ON=C(C(=O)O)C2C1. The third kappa shape index (κ3) is 2.19. The highest BCUT2D eigenvalue weighted by Gasteiger charge is 2.44. The lowest BCUT2D eigenvalue weighted by Gasteiger charge is -2.16. The van der Waals surface area contributed by atoms with Crippen LogP contribution in [-0.2, 0) is 9.63 Å². The summed E-state index contributed by atoms with van der Waals surface area (Å²) < 4.78 is 0. The van der Waals surface area contributed by atoms with Gasteiger partial charge in [-0.1, -0.05) is 19.0 Å². The molecule has 0 aliphatic carbocycles. The molecule has 5 nitrogen and oxygen atoms in total. The normalized spacial score (nSPS) is 29.1. The van der Waals surface area contributed by atoms with Crippen molar-refractivity contribution < 1.29 is 14.7 Å². The molecule has 2 atom stereocenters. The fraction of sp³-hybridized carbons (Fsp3) is 0.818. The van der Waals surface area contributed by atoms with Gasteiger partial charge in [-0.25, -0.2) is 4.79 Å². The van der Waals surface area contributed by atoms with Gasteiger partial charge in [-0.3, -0.25) is 4.90 Å². The Morgan fingerprint density at radius 3 is 3.00 bits per heavy atom. The fourth-order valence-electron chi connectivity index (χ4n) is 2.23. The van der Waals surface area contributed by atoms with Crippen LogP contribution in [0.1, 0.15) is 20.3 Å². The fourth-order valence-corrected chi connectivity index (χ4v) is 2.23. The lowest BCUT2D eigenvalue weighted by Crippen LogP contribution is -2.28. The third-order valence-corrected chi connectivity index (χ3v) is 3.22. The number of nitrogens with zero attached hydrogens (tertiary/aromatic N) is 2. The van der Waals surface area contributed by atoms with E-state index in [1.807, 2.05) is 0 Å². The van der Waals surface area contributed by atoms with Gasteiger partial charge in [0.05, 0.1) is 5.92 Å². The summed E-state index contributed by atoms with van der Waals surface area (Å²) in [7, 11) is 0. The van der Waals surface area contributed by atoms with Crippen molar-refractivity contribution in [2.24, 2.45) is 17.0 Å². The molecule has 90 valence electrons. The van der Waals surface area contributed by atoms with Crippen molar-refractivity contribution in [3.05, 3.63) is 0 Å². The average molecular weight is 226 g/mol. The molecule has 2 heterocycles. The maximum Gasteiger partial charge on any atom is 0.354 e. The van der Waals surface area contributed by atoms with Crippen molar-refractivity contribution in [1.29, 1.82) is 0 Å². The highest BCUT2D eigenvalue weighted by Crippen LogP contribution is 2.27. The Bertz CT molecular complexity index is 314. The van der Waals surface area contributed by atoms with E-state index >= 15 is 0 Å². The summed E-state index contributed by atoms with van der Waals surface area (Å²) in [5.41, 5.74) is 0.192. The van der Waals surface area contributed by atoms with Gasteiger partial charge >= 0.3 is 5.97 Å². The van der Waals surface area contributed by atoms with Gasteiger partial charge < -0.3 is 9.94 Å². The minimum Gasteiger partial charge on any atom is -0.477 e. The minimum absolute atomic E-state index is 0.0373. The summed E-state index contributed by atoms with van der Waals surface area (Å²) in [5.74, 6) is -0.308. The molecule has 2 unspecified atom stereocenters. The van der Waals surface area contributed by atoms with Gasteiger partial charge in [0.15, 0.2) is 5.71 Å². The van der Waals surface area contributed by atoms with Crippen LogP contribution in [0.2, 0.25) is 0 Å². The molecule has 5 heteroatoms. The number of aliphatic carboxylic acids is 1. The van der Waals surface area contributed by atoms with E-state index in [0.717, 1.165) is 26.1 Å². The number of hydrogen-bond acceptors (Lipinski definition) is 4. The van der Waals surface area contributed by atoms with Crippen LogP contribution in [0.15, 0.2) is 5.16 Å². The van der Waals surface area contributed by atoms with E-state index in [-0.39, 0.29) is 17.7 Å². The van der Waals surface area contributed by atoms with E-state index in [4.69, 9.17) is 9.94 Å². The number of likely N-dealkylation sites (tertiary alicyclic amines) is 1. The number of hydrogen-bond donors (Lipinski definition) is 1. The predicted octanol–water partition coefficient (Wildman–Crippen LogP) is 0.804. The van der Waals surface area contributed by atoms with Crippen LogP contribution in [-0.4, -0.2) is 47.4 Å². The van der Waals surface area contributed by atoms with Crippen molar-refractivity contribution in [1.82, 2.24) is 4.90 Å². The summed E-state index contributed by atoms with van der Waals surface area (Å²) in [6.45, 7) is 6.97. The molecule has 2 rings (SSSR count). The van der Waals surface area contributed by atoms with E-state index in [1.54, 1.807) is 0 Å². The second-order valence-electron chi connectivity index (χ2n) is 4.97. The van der Waals surface area contributed by atoms with Crippen molar-refractivity contribution in [2.45, 2.75) is 26.4 Å². The summed E-state index contributed by atoms with van der Waals surface area (Å²) in [6.07, 6.45) is 1.09. The monoisotopic (exact) mass is 226 g/mol. The van der Waals surface area contributed by atoms with E-state index in [9.17, 15) is 4.79 Å². The van der Waals surface area contributed by atoms with E-state index < -0.39 is 5.97 Å². The second kappa shape index (κ2) is 4.41. The van der Waals surface area contributed by atoms with Gasteiger partial charge in [-0.2, -0.15) is 0 Å². The quantitative estimate of drug-likeness (QED) is 0.770. The summed E-state index contributed by atoms with van der Waals surface area (Å²) >= 11 is 0. The van der Waals surface area contributed by atoms with E-state index in [1.165, 1.54) is 0 Å². The third-order valence-electron chi connectivity index (χ3n) is 3.22. The van der Waals surface area contributed by atoms with Crippen LogP contribution in [0.5, 0.6) is 0 Å².